The van der Waals surface area contributed by atoms with Gasteiger partial charge in [0.1, 0.15) is 12.3 Å². The van der Waals surface area contributed by atoms with Crippen LogP contribution in [0.25, 0.3) is 0 Å². The number of sulfonamides is 1. The van der Waals surface area contributed by atoms with Crippen molar-refractivity contribution in [2.45, 2.75) is 18.4 Å². The van der Waals surface area contributed by atoms with Crippen molar-refractivity contribution in [3.63, 3.8) is 0 Å². The van der Waals surface area contributed by atoms with Crippen LogP contribution in [-0.2, 0) is 21.4 Å². The number of hydrogen-bond acceptors (Lipinski definition) is 6. The molecule has 0 aliphatic heterocycles. The van der Waals surface area contributed by atoms with Gasteiger partial charge in [-0.2, -0.15) is 5.10 Å². The highest BCUT2D eigenvalue weighted by Crippen LogP contribution is 2.22. The molecule has 3 rings (SSSR count). The van der Waals surface area contributed by atoms with E-state index in [1.54, 1.807) is 37.3 Å². The van der Waals surface area contributed by atoms with E-state index >= 15 is 0 Å². The molecule has 0 fully saturated rings. The number of methoxy groups -OCH3 is 1. The molecule has 0 saturated heterocycles. The zero-order chi connectivity index (χ0) is 22.6. The maximum Gasteiger partial charge on any atom is 0.261 e. The number of carbonyl (C=O) groups excluding carboxylic acids is 2. The third kappa shape index (κ3) is 5.39. The Kier molecular flexibility index (Phi) is 6.25. The summed E-state index contributed by atoms with van der Waals surface area (Å²) in [4.78, 5) is 23.6. The summed E-state index contributed by atoms with van der Waals surface area (Å²) in [5.74, 6) is -0.492. The van der Waals surface area contributed by atoms with E-state index in [0.717, 1.165) is 0 Å². The SMILES string of the molecule is COc1ccc(NS(=O)(=O)c2ccc(C)c(C(=O)Nc3cnn(CC(N)=O)c3)c2)cc1. The maximum absolute atomic E-state index is 12.8. The van der Waals surface area contributed by atoms with Crippen molar-refractivity contribution in [1.82, 2.24) is 9.78 Å². The Morgan fingerprint density at radius 1 is 1.13 bits per heavy atom. The van der Waals surface area contributed by atoms with E-state index in [1.165, 1.54) is 36.3 Å². The first-order valence-corrected chi connectivity index (χ1v) is 10.6. The molecule has 4 N–H and O–H groups in total. The molecule has 11 heteroatoms. The quantitative estimate of drug-likeness (QED) is 0.483. The van der Waals surface area contributed by atoms with Crippen LogP contribution in [-0.4, -0.2) is 37.1 Å². The van der Waals surface area contributed by atoms with E-state index in [4.69, 9.17) is 10.5 Å². The minimum Gasteiger partial charge on any atom is -0.497 e. The predicted molar refractivity (Wildman–Crippen MR) is 114 cm³/mol. The molecule has 3 aromatic rings. The molecule has 0 radical (unpaired) electrons. The molecule has 0 bridgehead atoms. The summed E-state index contributed by atoms with van der Waals surface area (Å²) in [5.41, 5.74) is 6.58. The Morgan fingerprint density at radius 3 is 2.48 bits per heavy atom. The standard InChI is InChI=1S/C20H21N5O5S/c1-13-3-8-17(31(28,29)24-14-4-6-16(30-2)7-5-14)9-18(13)20(27)23-15-10-22-25(11-15)12-19(21)26/h3-11,24H,12H2,1-2H3,(H2,21,26)(H,23,27). The number of anilines is 2. The number of carbonyl (C=O) groups is 2. The van der Waals surface area contributed by atoms with Crippen LogP contribution >= 0.6 is 0 Å². The third-order valence-electron chi connectivity index (χ3n) is 4.32. The summed E-state index contributed by atoms with van der Waals surface area (Å²) in [6.07, 6.45) is 2.81. The minimum absolute atomic E-state index is 0.0662. The van der Waals surface area contributed by atoms with Gasteiger partial charge in [0.2, 0.25) is 5.91 Å². The summed E-state index contributed by atoms with van der Waals surface area (Å²) >= 11 is 0. The van der Waals surface area contributed by atoms with Crippen molar-refractivity contribution < 1.29 is 22.7 Å². The lowest BCUT2D eigenvalue weighted by Gasteiger charge is -2.12. The Labute approximate surface area is 179 Å². The molecule has 10 nitrogen and oxygen atoms in total. The second-order valence-corrected chi connectivity index (χ2v) is 8.34. The van der Waals surface area contributed by atoms with E-state index in [-0.39, 0.29) is 17.0 Å². The van der Waals surface area contributed by atoms with E-state index in [2.05, 4.69) is 15.1 Å². The number of nitrogens with zero attached hydrogens (tertiary/aromatic N) is 2. The highest BCUT2D eigenvalue weighted by Gasteiger charge is 2.19. The van der Waals surface area contributed by atoms with Gasteiger partial charge in [-0.15, -0.1) is 0 Å². The second kappa shape index (κ2) is 8.88. The van der Waals surface area contributed by atoms with Gasteiger partial charge in [0, 0.05) is 17.4 Å². The molecule has 0 aliphatic carbocycles. The normalized spacial score (nSPS) is 11.0. The number of primary amides is 1. The number of hydrogen-bond donors (Lipinski definition) is 3. The van der Waals surface area contributed by atoms with Crippen LogP contribution in [0.3, 0.4) is 0 Å². The van der Waals surface area contributed by atoms with Gasteiger partial charge >= 0.3 is 0 Å². The Bertz CT molecular complexity index is 1220. The summed E-state index contributed by atoms with van der Waals surface area (Å²) in [7, 11) is -2.41. The zero-order valence-electron chi connectivity index (χ0n) is 16.8. The lowest BCUT2D eigenvalue weighted by molar-refractivity contribution is -0.118. The predicted octanol–water partition coefficient (Wildman–Crippen LogP) is 1.74. The number of nitrogens with one attached hydrogen (secondary N) is 2. The van der Waals surface area contributed by atoms with Crippen LogP contribution in [0.4, 0.5) is 11.4 Å². The highest BCUT2D eigenvalue weighted by molar-refractivity contribution is 7.92. The van der Waals surface area contributed by atoms with Crippen molar-refractivity contribution in [3.05, 3.63) is 66.0 Å². The van der Waals surface area contributed by atoms with Crippen molar-refractivity contribution in [3.8, 4) is 5.75 Å². The number of aryl methyl sites for hydroxylation is 1. The van der Waals surface area contributed by atoms with E-state index in [0.29, 0.717) is 22.7 Å². The monoisotopic (exact) mass is 443 g/mol. The van der Waals surface area contributed by atoms with Gasteiger partial charge in [0.15, 0.2) is 0 Å². The minimum atomic E-state index is -3.93. The lowest BCUT2D eigenvalue weighted by atomic mass is 10.1. The number of nitrogens with two attached hydrogens (primary N) is 1. The van der Waals surface area contributed by atoms with Gasteiger partial charge in [-0.05, 0) is 48.9 Å². The fourth-order valence-corrected chi connectivity index (χ4v) is 3.84. The zero-order valence-corrected chi connectivity index (χ0v) is 17.6. The van der Waals surface area contributed by atoms with E-state index in [9.17, 15) is 18.0 Å². The van der Waals surface area contributed by atoms with E-state index < -0.39 is 21.8 Å². The van der Waals surface area contributed by atoms with Crippen LogP contribution in [0.2, 0.25) is 0 Å². The molecule has 1 heterocycles. The van der Waals surface area contributed by atoms with Crippen LogP contribution in [0, 0.1) is 6.92 Å². The first-order chi connectivity index (χ1) is 14.7. The second-order valence-electron chi connectivity index (χ2n) is 6.66. The van der Waals surface area contributed by atoms with Gasteiger partial charge in [-0.1, -0.05) is 6.07 Å². The van der Waals surface area contributed by atoms with Crippen LogP contribution in [0.5, 0.6) is 5.75 Å². The highest BCUT2D eigenvalue weighted by atomic mass is 32.2. The smallest absolute Gasteiger partial charge is 0.261 e. The number of aromatic nitrogens is 2. The molecule has 0 unspecified atom stereocenters. The molecule has 162 valence electrons. The molecular formula is C20H21N5O5S. The number of rotatable bonds is 8. The molecular weight excluding hydrogens is 422 g/mol. The fraction of sp³-hybridized carbons (Fsp3) is 0.150. The molecule has 1 aromatic heterocycles. The molecule has 31 heavy (non-hydrogen) atoms. The summed E-state index contributed by atoms with van der Waals surface area (Å²) in [6.45, 7) is 1.57. The summed E-state index contributed by atoms with van der Waals surface area (Å²) in [6, 6.07) is 10.7. The van der Waals surface area contributed by atoms with Crippen molar-refractivity contribution >= 4 is 33.2 Å². The van der Waals surface area contributed by atoms with Gasteiger partial charge < -0.3 is 15.8 Å². The molecule has 0 atom stereocenters. The molecule has 2 aromatic carbocycles. The van der Waals surface area contributed by atoms with E-state index in [1.807, 2.05) is 0 Å². The molecule has 0 aliphatic rings. The molecule has 2 amide bonds. The number of amides is 2. The maximum atomic E-state index is 12.8. The van der Waals surface area contributed by atoms with Gasteiger partial charge in [0.25, 0.3) is 15.9 Å². The Hall–Kier alpha value is -3.86. The average Bonchev–Trinajstić information content (AvgIpc) is 3.14. The van der Waals surface area contributed by atoms with Crippen LogP contribution < -0.4 is 20.5 Å². The van der Waals surface area contributed by atoms with Gasteiger partial charge in [-0.25, -0.2) is 8.42 Å². The van der Waals surface area contributed by atoms with Crippen molar-refractivity contribution in [2.24, 2.45) is 5.73 Å². The van der Waals surface area contributed by atoms with Crippen LogP contribution in [0.1, 0.15) is 15.9 Å². The van der Waals surface area contributed by atoms with Gasteiger partial charge in [-0.3, -0.25) is 19.0 Å². The molecule has 0 saturated carbocycles. The van der Waals surface area contributed by atoms with Crippen molar-refractivity contribution in [1.29, 1.82) is 0 Å². The lowest BCUT2D eigenvalue weighted by Crippen LogP contribution is -2.19. The third-order valence-corrected chi connectivity index (χ3v) is 5.69. The Morgan fingerprint density at radius 2 is 1.84 bits per heavy atom. The fourth-order valence-electron chi connectivity index (χ4n) is 2.76. The first kappa shape index (κ1) is 21.8. The number of ether oxygens (including phenoxy) is 1. The average molecular weight is 443 g/mol. The largest absolute Gasteiger partial charge is 0.497 e. The molecule has 0 spiro atoms. The van der Waals surface area contributed by atoms with Gasteiger partial charge in [0.05, 0.1) is 23.9 Å². The summed E-state index contributed by atoms with van der Waals surface area (Å²) in [5, 5.41) is 6.56. The summed E-state index contributed by atoms with van der Waals surface area (Å²) < 4.78 is 34.4. The Balaban J connectivity index is 1.80. The first-order valence-electron chi connectivity index (χ1n) is 9.07. The topological polar surface area (TPSA) is 145 Å². The van der Waals surface area contributed by atoms with Crippen LogP contribution in [0.15, 0.2) is 59.8 Å². The number of benzene rings is 2. The van der Waals surface area contributed by atoms with Crippen molar-refractivity contribution in [2.75, 3.05) is 17.1 Å².